The molecule has 0 bridgehead atoms. The number of alkyl halides is 1. The number of anilines is 1. The lowest BCUT2D eigenvalue weighted by atomic mass is 10.1. The maximum Gasteiger partial charge on any atom is 0.326 e. The molecule has 8 nitrogen and oxygen atoms in total. The number of imide groups is 1. The van der Waals surface area contributed by atoms with Gasteiger partial charge in [0.1, 0.15) is 23.1 Å². The van der Waals surface area contributed by atoms with E-state index < -0.39 is 11.9 Å². The third-order valence-electron chi connectivity index (χ3n) is 3.52. The van der Waals surface area contributed by atoms with Crippen molar-refractivity contribution in [2.24, 2.45) is 0 Å². The fourth-order valence-corrected chi connectivity index (χ4v) is 2.32. The average Bonchev–Trinajstić information content (AvgIpc) is 2.67. The largest absolute Gasteiger partial charge is 0.497 e. The van der Waals surface area contributed by atoms with E-state index in [0.717, 1.165) is 0 Å². The zero-order chi connectivity index (χ0) is 20.2. The molecule has 0 aliphatic rings. The number of benzene rings is 1. The van der Waals surface area contributed by atoms with Gasteiger partial charge in [0.25, 0.3) is 5.91 Å². The van der Waals surface area contributed by atoms with Crippen molar-refractivity contribution in [3.05, 3.63) is 29.5 Å². The lowest BCUT2D eigenvalue weighted by Crippen LogP contribution is -2.36. The molecule has 1 aromatic carbocycles. The van der Waals surface area contributed by atoms with Crippen molar-refractivity contribution in [3.8, 4) is 17.6 Å². The van der Waals surface area contributed by atoms with Crippen LogP contribution in [0, 0.1) is 11.3 Å². The van der Waals surface area contributed by atoms with Crippen LogP contribution in [0.1, 0.15) is 19.8 Å². The number of amides is 3. The number of allylic oxidation sites excluding steroid dienone is 1. The molecule has 0 aliphatic heterocycles. The molecule has 0 heterocycles. The molecule has 0 fully saturated rings. The summed E-state index contributed by atoms with van der Waals surface area (Å²) in [5.41, 5.74) is 0.618. The van der Waals surface area contributed by atoms with Crippen LogP contribution in [0.15, 0.2) is 29.5 Å². The molecule has 0 spiro atoms. The van der Waals surface area contributed by atoms with E-state index in [1.807, 2.05) is 6.07 Å². The smallest absolute Gasteiger partial charge is 0.326 e. The number of hydrogen-bond donors (Lipinski definition) is 3. The minimum absolute atomic E-state index is 0.153. The molecule has 0 aromatic heterocycles. The first-order valence-corrected chi connectivity index (χ1v) is 8.81. The van der Waals surface area contributed by atoms with Crippen LogP contribution in [-0.4, -0.2) is 38.6 Å². The lowest BCUT2D eigenvalue weighted by Gasteiger charge is -2.13. The topological polar surface area (TPSA) is 112 Å². The minimum atomic E-state index is -0.799. The number of nitrogens with one attached hydrogen (secondary N) is 3. The molecule has 0 aliphatic carbocycles. The van der Waals surface area contributed by atoms with Crippen molar-refractivity contribution < 1.29 is 19.1 Å². The zero-order valence-electron chi connectivity index (χ0n) is 15.5. The Labute approximate surface area is 163 Å². The third-order valence-corrected chi connectivity index (χ3v) is 3.79. The number of ether oxygens (including phenoxy) is 2. The number of carbonyl (C=O) groups excluding carboxylic acids is 2. The number of halogens is 1. The standard InChI is InChI=1S/C18H23ClN4O4/c1-4-14(21-9-5-8-19)13(11-20)17(24)23-18(25)22-15-10-12(26-2)6-7-16(15)27-3/h6-7,10,21H,4-5,8-9H2,1-3H3,(H2,22,23,24,25)/b14-13-. The number of methoxy groups -OCH3 is 2. The Bertz CT molecular complexity index is 743. The van der Waals surface area contributed by atoms with E-state index in [9.17, 15) is 14.9 Å². The Morgan fingerprint density at radius 3 is 2.56 bits per heavy atom. The molecule has 0 saturated heterocycles. The van der Waals surface area contributed by atoms with Gasteiger partial charge in [0.2, 0.25) is 0 Å². The first-order valence-electron chi connectivity index (χ1n) is 8.28. The summed E-state index contributed by atoms with van der Waals surface area (Å²) in [5.74, 6) is 0.563. The van der Waals surface area contributed by atoms with Crippen LogP contribution in [0.2, 0.25) is 0 Å². The molecule has 0 radical (unpaired) electrons. The number of urea groups is 1. The Kier molecular flexibility index (Phi) is 9.54. The molecule has 146 valence electrons. The van der Waals surface area contributed by atoms with E-state index in [1.165, 1.54) is 14.2 Å². The van der Waals surface area contributed by atoms with Crippen molar-refractivity contribution in [1.82, 2.24) is 10.6 Å². The Morgan fingerprint density at radius 2 is 2.00 bits per heavy atom. The van der Waals surface area contributed by atoms with Crippen molar-refractivity contribution in [1.29, 1.82) is 5.26 Å². The normalized spacial score (nSPS) is 10.9. The minimum Gasteiger partial charge on any atom is -0.497 e. The van der Waals surface area contributed by atoms with Crippen LogP contribution in [-0.2, 0) is 4.79 Å². The predicted octanol–water partition coefficient (Wildman–Crippen LogP) is 2.76. The Hall–Kier alpha value is -2.92. The molecule has 9 heteroatoms. The van der Waals surface area contributed by atoms with Crippen LogP contribution in [0.3, 0.4) is 0 Å². The van der Waals surface area contributed by atoms with Crippen LogP contribution in [0.4, 0.5) is 10.5 Å². The van der Waals surface area contributed by atoms with Gasteiger partial charge in [-0.25, -0.2) is 4.79 Å². The van der Waals surface area contributed by atoms with Gasteiger partial charge in [0, 0.05) is 24.2 Å². The number of nitrogens with zero attached hydrogens (tertiary/aromatic N) is 1. The fraction of sp³-hybridized carbons (Fsp3) is 0.389. The van der Waals surface area contributed by atoms with Gasteiger partial charge in [0.15, 0.2) is 0 Å². The SMILES string of the molecule is CC/C(NCCCCl)=C(\C#N)C(=O)NC(=O)Nc1cc(OC)ccc1OC. The summed E-state index contributed by atoms with van der Waals surface area (Å²) in [6, 6.07) is 5.88. The second kappa shape index (κ2) is 11.6. The first kappa shape index (κ1) is 22.1. The maximum absolute atomic E-state index is 12.3. The monoisotopic (exact) mass is 394 g/mol. The van der Waals surface area contributed by atoms with E-state index in [-0.39, 0.29) is 5.57 Å². The van der Waals surface area contributed by atoms with E-state index in [1.54, 1.807) is 25.1 Å². The molecule has 0 saturated carbocycles. The number of hydrogen-bond acceptors (Lipinski definition) is 6. The van der Waals surface area contributed by atoms with E-state index in [4.69, 9.17) is 21.1 Å². The number of carbonyl (C=O) groups is 2. The summed E-state index contributed by atoms with van der Waals surface area (Å²) in [6.07, 6.45) is 1.12. The van der Waals surface area contributed by atoms with Crippen LogP contribution < -0.4 is 25.4 Å². The van der Waals surface area contributed by atoms with E-state index in [2.05, 4.69) is 16.0 Å². The van der Waals surface area contributed by atoms with Gasteiger partial charge < -0.3 is 20.1 Å². The predicted molar refractivity (Wildman–Crippen MR) is 103 cm³/mol. The Balaban J connectivity index is 2.88. The van der Waals surface area contributed by atoms with Gasteiger partial charge in [-0.15, -0.1) is 11.6 Å². The summed E-state index contributed by atoms with van der Waals surface area (Å²) < 4.78 is 10.3. The molecule has 1 aromatic rings. The van der Waals surface area contributed by atoms with Crippen molar-refractivity contribution >= 4 is 29.2 Å². The van der Waals surface area contributed by atoms with E-state index >= 15 is 0 Å². The summed E-state index contributed by atoms with van der Waals surface area (Å²) in [6.45, 7) is 2.33. The number of rotatable bonds is 9. The summed E-state index contributed by atoms with van der Waals surface area (Å²) in [5, 5.41) is 17.0. The fourth-order valence-electron chi connectivity index (χ4n) is 2.18. The quantitative estimate of drug-likeness (QED) is 0.257. The molecule has 0 atom stereocenters. The molecular formula is C18H23ClN4O4. The average molecular weight is 395 g/mol. The molecule has 3 N–H and O–H groups in total. The van der Waals surface area contributed by atoms with Gasteiger partial charge in [-0.3, -0.25) is 10.1 Å². The second-order valence-electron chi connectivity index (χ2n) is 5.26. The highest BCUT2D eigenvalue weighted by atomic mass is 35.5. The van der Waals surface area contributed by atoms with Crippen molar-refractivity contribution in [3.63, 3.8) is 0 Å². The molecular weight excluding hydrogens is 372 g/mol. The van der Waals surface area contributed by atoms with Gasteiger partial charge in [0.05, 0.1) is 19.9 Å². The second-order valence-corrected chi connectivity index (χ2v) is 5.64. The molecule has 27 heavy (non-hydrogen) atoms. The lowest BCUT2D eigenvalue weighted by molar-refractivity contribution is -0.116. The maximum atomic E-state index is 12.3. The molecule has 0 unspecified atom stereocenters. The van der Waals surface area contributed by atoms with Gasteiger partial charge in [-0.1, -0.05) is 6.92 Å². The van der Waals surface area contributed by atoms with Crippen LogP contribution in [0.5, 0.6) is 11.5 Å². The van der Waals surface area contributed by atoms with Crippen LogP contribution in [0.25, 0.3) is 0 Å². The van der Waals surface area contributed by atoms with Gasteiger partial charge in [-0.2, -0.15) is 5.26 Å². The van der Waals surface area contributed by atoms with Gasteiger partial charge in [-0.05, 0) is 25.0 Å². The first-order chi connectivity index (χ1) is 13.0. The number of nitriles is 1. The van der Waals surface area contributed by atoms with Crippen molar-refractivity contribution in [2.75, 3.05) is 32.0 Å². The Morgan fingerprint density at radius 1 is 1.26 bits per heavy atom. The highest BCUT2D eigenvalue weighted by molar-refractivity contribution is 6.17. The zero-order valence-corrected chi connectivity index (χ0v) is 16.3. The summed E-state index contributed by atoms with van der Waals surface area (Å²) >= 11 is 5.62. The summed E-state index contributed by atoms with van der Waals surface area (Å²) in [7, 11) is 2.94. The van der Waals surface area contributed by atoms with Crippen molar-refractivity contribution in [2.45, 2.75) is 19.8 Å². The molecule has 1 rings (SSSR count). The summed E-state index contributed by atoms with van der Waals surface area (Å²) in [4.78, 5) is 24.5. The highest BCUT2D eigenvalue weighted by Gasteiger charge is 2.18. The van der Waals surface area contributed by atoms with Crippen LogP contribution >= 0.6 is 11.6 Å². The van der Waals surface area contributed by atoms with Gasteiger partial charge >= 0.3 is 6.03 Å². The van der Waals surface area contributed by atoms with E-state index in [0.29, 0.717) is 48.1 Å². The highest BCUT2D eigenvalue weighted by Crippen LogP contribution is 2.28. The third kappa shape index (κ3) is 6.72. The molecule has 3 amide bonds.